The molecule has 0 spiro atoms. The Balaban J connectivity index is 0.000000141. The molecular formula is C88H64N2O2. The van der Waals surface area contributed by atoms with E-state index in [0.29, 0.717) is 0 Å². The summed E-state index contributed by atoms with van der Waals surface area (Å²) >= 11 is 0. The van der Waals surface area contributed by atoms with E-state index in [1.54, 1.807) is 0 Å². The summed E-state index contributed by atoms with van der Waals surface area (Å²) in [5.74, 6) is 0. The van der Waals surface area contributed by atoms with Crippen LogP contribution in [0.15, 0.2) is 324 Å². The van der Waals surface area contributed by atoms with Crippen molar-refractivity contribution >= 4 is 88.8 Å². The number of rotatable bonds is 9. The predicted octanol–water partition coefficient (Wildman–Crippen LogP) is 24.9. The smallest absolute Gasteiger partial charge is 0.135 e. The molecule has 0 amide bonds. The third-order valence-corrected chi connectivity index (χ3v) is 19.5. The first-order valence-electron chi connectivity index (χ1n) is 31.9. The van der Waals surface area contributed by atoms with Gasteiger partial charge in [-0.2, -0.15) is 0 Å². The van der Waals surface area contributed by atoms with Gasteiger partial charge in [0.25, 0.3) is 0 Å². The van der Waals surface area contributed by atoms with Crippen LogP contribution in [-0.2, 0) is 10.8 Å². The van der Waals surface area contributed by atoms with E-state index in [1.807, 2.05) is 12.1 Å². The van der Waals surface area contributed by atoms with Gasteiger partial charge in [-0.05, 0) is 192 Å². The molecule has 2 aliphatic carbocycles. The molecular weight excluding hydrogens is 1120 g/mol. The van der Waals surface area contributed by atoms with Gasteiger partial charge in [0, 0.05) is 66.5 Å². The van der Waals surface area contributed by atoms with E-state index in [0.717, 1.165) is 56.5 Å². The second-order valence-electron chi connectivity index (χ2n) is 25.6. The minimum Gasteiger partial charge on any atom is -0.456 e. The number of hydrogen-bond acceptors (Lipinski definition) is 4. The molecule has 4 nitrogen and oxygen atoms in total. The molecule has 18 rings (SSSR count). The molecule has 2 aliphatic rings. The average molecular weight is 1180 g/mol. The Labute approximate surface area is 536 Å². The van der Waals surface area contributed by atoms with Crippen molar-refractivity contribution in [3.8, 4) is 55.6 Å². The first-order valence-corrected chi connectivity index (χ1v) is 31.9. The fraction of sp³-hybridized carbons (Fsp3) is 0.0682. The lowest BCUT2D eigenvalue weighted by atomic mass is 9.80. The molecule has 0 saturated carbocycles. The Morgan fingerprint density at radius 2 is 0.587 bits per heavy atom. The zero-order chi connectivity index (χ0) is 61.7. The molecule has 92 heavy (non-hydrogen) atoms. The molecule has 0 atom stereocenters. The Hall–Kier alpha value is -11.5. The van der Waals surface area contributed by atoms with E-state index in [9.17, 15) is 0 Å². The van der Waals surface area contributed by atoms with Gasteiger partial charge in [0.15, 0.2) is 0 Å². The number of furan rings is 2. The van der Waals surface area contributed by atoms with Crippen molar-refractivity contribution in [3.63, 3.8) is 0 Å². The first-order chi connectivity index (χ1) is 45.1. The minimum atomic E-state index is -0.172. The van der Waals surface area contributed by atoms with Gasteiger partial charge in [-0.25, -0.2) is 0 Å². The van der Waals surface area contributed by atoms with Gasteiger partial charge >= 0.3 is 0 Å². The third kappa shape index (κ3) is 9.04. The molecule has 0 unspecified atom stereocenters. The van der Waals surface area contributed by atoms with Crippen LogP contribution in [0, 0.1) is 0 Å². The predicted molar refractivity (Wildman–Crippen MR) is 386 cm³/mol. The van der Waals surface area contributed by atoms with Gasteiger partial charge in [0.2, 0.25) is 0 Å². The van der Waals surface area contributed by atoms with Crippen LogP contribution >= 0.6 is 0 Å². The number of para-hydroxylation sites is 3. The Morgan fingerprint density at radius 1 is 0.239 bits per heavy atom. The topological polar surface area (TPSA) is 32.8 Å². The lowest BCUT2D eigenvalue weighted by Gasteiger charge is -2.27. The van der Waals surface area contributed by atoms with Gasteiger partial charge in [-0.15, -0.1) is 0 Å². The summed E-state index contributed by atoms with van der Waals surface area (Å²) in [7, 11) is 0. The van der Waals surface area contributed by atoms with E-state index in [-0.39, 0.29) is 10.8 Å². The lowest BCUT2D eigenvalue weighted by Crippen LogP contribution is -2.16. The summed E-state index contributed by atoms with van der Waals surface area (Å²) in [6.07, 6.45) is 0. The van der Waals surface area contributed by atoms with Crippen molar-refractivity contribution in [1.82, 2.24) is 0 Å². The van der Waals surface area contributed by atoms with Crippen molar-refractivity contribution in [2.75, 3.05) is 9.80 Å². The van der Waals surface area contributed by atoms with E-state index < -0.39 is 0 Å². The second-order valence-corrected chi connectivity index (χ2v) is 25.6. The normalized spacial score (nSPS) is 13.2. The van der Waals surface area contributed by atoms with Crippen LogP contribution in [0.4, 0.5) is 34.1 Å². The molecule has 0 fully saturated rings. The summed E-state index contributed by atoms with van der Waals surface area (Å²) in [5, 5.41) is 7.34. The molecule has 0 bridgehead atoms. The monoisotopic (exact) mass is 1180 g/mol. The van der Waals surface area contributed by atoms with E-state index in [4.69, 9.17) is 8.83 Å². The van der Waals surface area contributed by atoms with Gasteiger partial charge in [-0.3, -0.25) is 0 Å². The Bertz CT molecular complexity index is 5410. The average Bonchev–Trinajstić information content (AvgIpc) is 1.56. The number of benzene rings is 14. The third-order valence-electron chi connectivity index (χ3n) is 19.5. The van der Waals surface area contributed by atoms with Crippen LogP contribution in [0.2, 0.25) is 0 Å². The molecule has 14 aromatic carbocycles. The fourth-order valence-corrected chi connectivity index (χ4v) is 15.0. The van der Waals surface area contributed by atoms with Crippen LogP contribution in [0.1, 0.15) is 49.9 Å². The van der Waals surface area contributed by atoms with Crippen LogP contribution < -0.4 is 9.80 Å². The van der Waals surface area contributed by atoms with E-state index in [1.165, 1.54) is 110 Å². The van der Waals surface area contributed by atoms with Crippen LogP contribution in [0.3, 0.4) is 0 Å². The van der Waals surface area contributed by atoms with Gasteiger partial charge < -0.3 is 18.6 Å². The maximum absolute atomic E-state index is 6.32. The second kappa shape index (κ2) is 21.7. The van der Waals surface area contributed by atoms with Gasteiger partial charge in [0.1, 0.15) is 22.3 Å². The number of fused-ring (bicyclic) bond motifs is 15. The summed E-state index contributed by atoms with van der Waals surface area (Å²) in [4.78, 5) is 4.74. The van der Waals surface area contributed by atoms with Crippen molar-refractivity contribution < 1.29 is 8.83 Å². The highest BCUT2D eigenvalue weighted by Gasteiger charge is 2.40. The van der Waals surface area contributed by atoms with Crippen LogP contribution in [0.5, 0.6) is 0 Å². The molecule has 0 N–H and O–H groups in total. The molecule has 0 saturated heterocycles. The number of anilines is 6. The first kappa shape index (κ1) is 54.7. The minimum absolute atomic E-state index is 0.158. The summed E-state index contributed by atoms with van der Waals surface area (Å²) in [6.45, 7) is 9.39. The van der Waals surface area contributed by atoms with Crippen LogP contribution in [0.25, 0.3) is 110 Å². The Kier molecular flexibility index (Phi) is 12.9. The SMILES string of the molecule is CC1(C)c2ccc(N(c3ccc(-c4ccccc4)cc3)c3ccc(-c4ccccc4)cc3)cc2-c2ccc3oc4ccccc4c3c21.CC1(C)c2ccc(N(c3ccccc3)c3ccc(-c4ccc5ccccc5c4)cc3)cc2-c2ccc3oc4ccccc4c3c21. The highest BCUT2D eigenvalue weighted by Crippen LogP contribution is 2.56. The van der Waals surface area contributed by atoms with Crippen molar-refractivity contribution in [3.05, 3.63) is 338 Å². The zero-order valence-electron chi connectivity index (χ0n) is 51.7. The lowest BCUT2D eigenvalue weighted by molar-refractivity contribution is 0.657. The maximum atomic E-state index is 6.32. The summed E-state index contributed by atoms with van der Waals surface area (Å²) in [6, 6.07) is 113. The van der Waals surface area contributed by atoms with Crippen molar-refractivity contribution in [2.24, 2.45) is 0 Å². The van der Waals surface area contributed by atoms with Crippen molar-refractivity contribution in [2.45, 2.75) is 38.5 Å². The number of hydrogen-bond donors (Lipinski definition) is 0. The zero-order valence-corrected chi connectivity index (χ0v) is 51.7. The molecule has 0 aliphatic heterocycles. The summed E-state index contributed by atoms with van der Waals surface area (Å²) in [5.41, 5.74) is 28.0. The molecule has 2 heterocycles. The summed E-state index contributed by atoms with van der Waals surface area (Å²) < 4.78 is 12.6. The molecule has 4 heteroatoms. The largest absolute Gasteiger partial charge is 0.456 e. The molecule has 438 valence electrons. The highest BCUT2D eigenvalue weighted by atomic mass is 16.3. The standard InChI is InChI=1S/C45H33NO.C43H31NO/c1-45(2)40-27-25-36(29-39(40)37-26-28-42-43(44(37)45)38-15-9-10-16-41(38)47-42)46(34-21-17-32(18-22-34)30-11-5-3-6-12-30)35-23-19-33(20-24-35)31-13-7-4-8-14-31;1-43(2)38-24-22-34(27-37(38)35-23-25-40-41(42(35)43)36-14-8-9-15-39(36)45-40)44(32-12-4-3-5-13-32)33-20-18-29(19-21-33)31-17-16-28-10-6-7-11-30(28)26-31/h3-29H,1-2H3;3-27H,1-2H3. The van der Waals surface area contributed by atoms with E-state index >= 15 is 0 Å². The maximum Gasteiger partial charge on any atom is 0.135 e. The number of nitrogens with zero attached hydrogens (tertiary/aromatic N) is 2. The van der Waals surface area contributed by atoms with E-state index in [2.05, 4.69) is 341 Å². The molecule has 2 aromatic heterocycles. The Morgan fingerprint density at radius 3 is 1.04 bits per heavy atom. The molecule has 0 radical (unpaired) electrons. The van der Waals surface area contributed by atoms with Crippen molar-refractivity contribution in [1.29, 1.82) is 0 Å². The molecule has 16 aromatic rings. The fourth-order valence-electron chi connectivity index (χ4n) is 15.0. The van der Waals surface area contributed by atoms with Crippen LogP contribution in [-0.4, -0.2) is 0 Å². The van der Waals surface area contributed by atoms with Gasteiger partial charge in [0.05, 0.1) is 0 Å². The van der Waals surface area contributed by atoms with Gasteiger partial charge in [-0.1, -0.05) is 240 Å². The quantitative estimate of drug-likeness (QED) is 0.144. The highest BCUT2D eigenvalue weighted by molar-refractivity contribution is 6.12.